The van der Waals surface area contributed by atoms with Crippen molar-refractivity contribution >= 4 is 20.8 Å². The van der Waals surface area contributed by atoms with Crippen LogP contribution in [0.15, 0.2) is 144 Å². The Labute approximate surface area is 226 Å². The molecule has 0 amide bonds. The monoisotopic (exact) mass is 582 g/mol. The van der Waals surface area contributed by atoms with E-state index in [9.17, 15) is 8.42 Å². The van der Waals surface area contributed by atoms with Crippen LogP contribution in [0.5, 0.6) is 0 Å². The molecule has 184 valence electrons. The van der Waals surface area contributed by atoms with Gasteiger partial charge in [-0.25, -0.2) is 13.1 Å². The predicted octanol–water partition coefficient (Wildman–Crippen LogP) is 6.24. The molecule has 0 aliphatic rings. The molecule has 0 aromatic heterocycles. The summed E-state index contributed by atoms with van der Waals surface area (Å²) in [6.07, 6.45) is 0. The molecule has 5 rings (SSSR count). The Bertz CT molecular complexity index is 1420. The van der Waals surface area contributed by atoms with Crippen molar-refractivity contribution in [3.05, 3.63) is 151 Å². The minimum atomic E-state index is -3.78. The van der Waals surface area contributed by atoms with Gasteiger partial charge in [-0.2, -0.15) is 0 Å². The van der Waals surface area contributed by atoms with Crippen LogP contribution in [0, 0.1) is 0 Å². The van der Waals surface area contributed by atoms with Gasteiger partial charge >= 0.3 is 0 Å². The van der Waals surface area contributed by atoms with Crippen LogP contribution >= 0.6 is 0 Å². The number of rotatable bonds is 6. The molecule has 0 aliphatic heterocycles. The molecule has 0 heterocycles. The Morgan fingerprint density at radius 2 is 1.00 bits per heavy atom. The topological polar surface area (TPSA) is 72.2 Å². The molecule has 0 fully saturated rings. The maximum absolute atomic E-state index is 13.2. The van der Waals surface area contributed by atoms with Gasteiger partial charge in [0.25, 0.3) is 0 Å². The summed E-state index contributed by atoms with van der Waals surface area (Å²) in [5, 5.41) is 1.87. The number of fused-ring (bicyclic) bond motifs is 1. The van der Waals surface area contributed by atoms with Crippen molar-refractivity contribution in [1.82, 2.24) is 4.72 Å². The Morgan fingerprint density at radius 3 is 1.56 bits per heavy atom. The molecule has 0 spiro atoms. The third-order valence-electron chi connectivity index (χ3n) is 5.68. The first-order valence-corrected chi connectivity index (χ1v) is 12.9. The summed E-state index contributed by atoms with van der Waals surface area (Å²) >= 11 is 0. The van der Waals surface area contributed by atoms with Gasteiger partial charge in [0, 0.05) is 19.5 Å². The number of hydrogen-bond acceptors (Lipinski definition) is 3. The first-order chi connectivity index (χ1) is 17.0. The van der Waals surface area contributed by atoms with Crippen LogP contribution < -0.4 is 10.5 Å². The van der Waals surface area contributed by atoms with E-state index >= 15 is 0 Å². The van der Waals surface area contributed by atoms with Crippen molar-refractivity contribution in [3.8, 4) is 0 Å². The molecule has 0 saturated heterocycles. The van der Waals surface area contributed by atoms with Gasteiger partial charge in [-0.05, 0) is 34.0 Å². The van der Waals surface area contributed by atoms with E-state index in [0.29, 0.717) is 0 Å². The Morgan fingerprint density at radius 1 is 0.556 bits per heavy atom. The Balaban J connectivity index is 0.000000453. The normalized spacial score (nSPS) is 12.5. The van der Waals surface area contributed by atoms with E-state index in [1.165, 1.54) is 0 Å². The van der Waals surface area contributed by atoms with E-state index < -0.39 is 22.1 Å². The van der Waals surface area contributed by atoms with Gasteiger partial charge in [-0.1, -0.05) is 127 Å². The summed E-state index contributed by atoms with van der Waals surface area (Å²) in [6.45, 7) is 0. The summed E-state index contributed by atoms with van der Waals surface area (Å²) < 4.78 is 29.3. The van der Waals surface area contributed by atoms with Crippen molar-refractivity contribution in [1.29, 1.82) is 0 Å². The number of sulfonamides is 1. The molecule has 0 unspecified atom stereocenters. The van der Waals surface area contributed by atoms with E-state index in [-0.39, 0.29) is 24.4 Å². The Kier molecular flexibility index (Phi) is 10.1. The number of nitrogens with two attached hydrogens (primary N) is 1. The van der Waals surface area contributed by atoms with Crippen molar-refractivity contribution in [2.24, 2.45) is 5.73 Å². The van der Waals surface area contributed by atoms with Crippen LogP contribution in [-0.4, -0.2) is 8.42 Å². The van der Waals surface area contributed by atoms with Crippen molar-refractivity contribution in [2.45, 2.75) is 17.0 Å². The van der Waals surface area contributed by atoms with Gasteiger partial charge in [0.05, 0.1) is 17.0 Å². The van der Waals surface area contributed by atoms with Crippen LogP contribution in [0.3, 0.4) is 0 Å². The number of benzene rings is 5. The zero-order valence-electron chi connectivity index (χ0n) is 19.6. The zero-order valence-corrected chi connectivity index (χ0v) is 22.1. The van der Waals surface area contributed by atoms with Gasteiger partial charge in [0.15, 0.2) is 0 Å². The molecule has 2 atom stereocenters. The standard InChI is InChI=1S/C24H22N2O2S.C6H6.Ru/c25-23(19-10-3-1-4-11-19)24(20-12-5-2-6-13-20)26-29(27,28)22-16-15-18-9-7-8-14-21(18)17-22;1-2-4-6-5-3-1;/h1-17,23-24,26H,25H2;1-6H;/t23-,24-;;/m1../s1. The first-order valence-electron chi connectivity index (χ1n) is 11.4. The van der Waals surface area contributed by atoms with Crippen LogP contribution in [0.25, 0.3) is 10.8 Å². The SMILES string of the molecule is N[C@H](c1ccccc1)[C@H](NS(=O)(=O)c1ccc2ccccc2c1)c1ccccc1.[Ru].c1ccccc1. The molecule has 0 radical (unpaired) electrons. The van der Waals surface area contributed by atoms with E-state index in [2.05, 4.69) is 4.72 Å². The fourth-order valence-electron chi connectivity index (χ4n) is 3.83. The molecule has 4 nitrogen and oxygen atoms in total. The Hall–Kier alpha value is -3.15. The van der Waals surface area contributed by atoms with Crippen molar-refractivity contribution in [3.63, 3.8) is 0 Å². The molecule has 0 aliphatic carbocycles. The molecule has 5 aromatic carbocycles. The summed E-state index contributed by atoms with van der Waals surface area (Å²) in [4.78, 5) is 0.220. The fraction of sp³-hybridized carbons (Fsp3) is 0.0667. The van der Waals surface area contributed by atoms with E-state index in [1.54, 1.807) is 12.1 Å². The minimum Gasteiger partial charge on any atom is -0.322 e. The summed E-state index contributed by atoms with van der Waals surface area (Å²) in [5.74, 6) is 0. The van der Waals surface area contributed by atoms with Crippen LogP contribution in [0.2, 0.25) is 0 Å². The average molecular weight is 582 g/mol. The first kappa shape index (κ1) is 27.4. The van der Waals surface area contributed by atoms with Gasteiger partial charge in [0.2, 0.25) is 10.0 Å². The van der Waals surface area contributed by atoms with Gasteiger partial charge in [-0.3, -0.25) is 0 Å². The summed E-state index contributed by atoms with van der Waals surface area (Å²) in [5.41, 5.74) is 8.20. The van der Waals surface area contributed by atoms with Gasteiger partial charge < -0.3 is 5.73 Å². The third kappa shape index (κ3) is 7.19. The summed E-state index contributed by atoms with van der Waals surface area (Å²) in [6, 6.07) is 42.6. The zero-order chi connectivity index (χ0) is 24.5. The quantitative estimate of drug-likeness (QED) is 0.233. The van der Waals surface area contributed by atoms with Crippen molar-refractivity contribution in [2.75, 3.05) is 0 Å². The fourth-order valence-corrected chi connectivity index (χ4v) is 5.11. The largest absolute Gasteiger partial charge is 0.322 e. The maximum atomic E-state index is 13.2. The third-order valence-corrected chi connectivity index (χ3v) is 7.12. The van der Waals surface area contributed by atoms with Crippen molar-refractivity contribution < 1.29 is 27.9 Å². The molecule has 0 saturated carbocycles. The molecule has 5 aromatic rings. The number of nitrogens with one attached hydrogen (secondary N) is 1. The van der Waals surface area contributed by atoms with Crippen LogP contribution in [0.4, 0.5) is 0 Å². The molecule has 0 bridgehead atoms. The molecule has 6 heteroatoms. The van der Waals surface area contributed by atoms with E-state index in [4.69, 9.17) is 5.73 Å². The predicted molar refractivity (Wildman–Crippen MR) is 143 cm³/mol. The average Bonchev–Trinajstić information content (AvgIpc) is 2.93. The molecular weight excluding hydrogens is 553 g/mol. The number of hydrogen-bond donors (Lipinski definition) is 2. The molecule has 3 N–H and O–H groups in total. The molecular formula is C30H28N2O2RuS. The van der Waals surface area contributed by atoms with E-state index in [1.807, 2.05) is 127 Å². The van der Waals surface area contributed by atoms with Gasteiger partial charge in [-0.15, -0.1) is 0 Å². The minimum absolute atomic E-state index is 0. The second-order valence-electron chi connectivity index (χ2n) is 8.11. The second kappa shape index (κ2) is 13.2. The van der Waals surface area contributed by atoms with Crippen LogP contribution in [0.1, 0.15) is 23.2 Å². The maximum Gasteiger partial charge on any atom is 0.241 e. The molecule has 36 heavy (non-hydrogen) atoms. The van der Waals surface area contributed by atoms with Crippen LogP contribution in [-0.2, 0) is 29.5 Å². The smallest absolute Gasteiger partial charge is 0.241 e. The second-order valence-corrected chi connectivity index (χ2v) is 9.82. The summed E-state index contributed by atoms with van der Waals surface area (Å²) in [7, 11) is -3.78. The van der Waals surface area contributed by atoms with E-state index in [0.717, 1.165) is 21.9 Å². The van der Waals surface area contributed by atoms with Gasteiger partial charge in [0.1, 0.15) is 0 Å².